The molecule has 0 aliphatic carbocycles. The highest BCUT2D eigenvalue weighted by molar-refractivity contribution is 7.92. The van der Waals surface area contributed by atoms with Crippen molar-refractivity contribution in [1.29, 1.82) is 0 Å². The summed E-state index contributed by atoms with van der Waals surface area (Å²) in [5.74, 6) is 0.671. The Kier molecular flexibility index (Phi) is 5.20. The third kappa shape index (κ3) is 3.76. The molecule has 0 bridgehead atoms. The summed E-state index contributed by atoms with van der Waals surface area (Å²) in [6, 6.07) is 21.8. The Morgan fingerprint density at radius 3 is 2.66 bits per heavy atom. The Morgan fingerprint density at radius 2 is 1.84 bits per heavy atom. The van der Waals surface area contributed by atoms with E-state index in [1.807, 2.05) is 54.8 Å². The number of fused-ring (bicyclic) bond motifs is 1. The Hall–Kier alpha value is -3.56. The van der Waals surface area contributed by atoms with E-state index in [0.717, 1.165) is 16.0 Å². The average Bonchev–Trinajstić information content (AvgIpc) is 3.48. The SMILES string of the molecule is CCc1ccccc1S(=O)(=O)Nc1cccc(-c2ccc3nnc(-c4cccs4)n3n2)c1. The fourth-order valence-corrected chi connectivity index (χ4v) is 5.57. The maximum Gasteiger partial charge on any atom is 0.262 e. The number of hydrogen-bond donors (Lipinski definition) is 1. The molecular formula is C23H19N5O2S2. The topological polar surface area (TPSA) is 89.2 Å². The summed E-state index contributed by atoms with van der Waals surface area (Å²) in [6.45, 7) is 1.94. The minimum absolute atomic E-state index is 0.289. The Bertz CT molecular complexity index is 1510. The molecule has 5 rings (SSSR count). The van der Waals surface area contributed by atoms with Gasteiger partial charge in [-0.15, -0.1) is 21.5 Å². The maximum absolute atomic E-state index is 13.0. The summed E-state index contributed by atoms with van der Waals surface area (Å²) in [7, 11) is -3.71. The first-order valence-corrected chi connectivity index (χ1v) is 12.4. The number of nitrogens with zero attached hydrogens (tertiary/aromatic N) is 4. The molecule has 5 aromatic rings. The van der Waals surface area contributed by atoms with E-state index in [4.69, 9.17) is 5.10 Å². The van der Waals surface area contributed by atoms with Gasteiger partial charge in [-0.1, -0.05) is 43.3 Å². The molecule has 0 radical (unpaired) electrons. The molecular weight excluding hydrogens is 442 g/mol. The highest BCUT2D eigenvalue weighted by atomic mass is 32.2. The van der Waals surface area contributed by atoms with Gasteiger partial charge in [-0.3, -0.25) is 4.72 Å². The predicted molar refractivity (Wildman–Crippen MR) is 126 cm³/mol. The van der Waals surface area contributed by atoms with Crippen molar-refractivity contribution in [2.75, 3.05) is 4.72 Å². The highest BCUT2D eigenvalue weighted by Crippen LogP contribution is 2.27. The van der Waals surface area contributed by atoms with Crippen LogP contribution >= 0.6 is 11.3 Å². The zero-order valence-electron chi connectivity index (χ0n) is 17.1. The van der Waals surface area contributed by atoms with E-state index in [9.17, 15) is 8.42 Å². The van der Waals surface area contributed by atoms with Crippen molar-refractivity contribution in [3.8, 4) is 22.0 Å². The highest BCUT2D eigenvalue weighted by Gasteiger charge is 2.18. The zero-order chi connectivity index (χ0) is 22.1. The van der Waals surface area contributed by atoms with E-state index in [0.29, 0.717) is 29.3 Å². The summed E-state index contributed by atoms with van der Waals surface area (Å²) in [5.41, 5.74) is 3.35. The number of sulfonamides is 1. The van der Waals surface area contributed by atoms with Crippen LogP contribution in [0.3, 0.4) is 0 Å². The lowest BCUT2D eigenvalue weighted by Gasteiger charge is -2.12. The average molecular weight is 462 g/mol. The van der Waals surface area contributed by atoms with Crippen LogP contribution in [0.5, 0.6) is 0 Å². The monoisotopic (exact) mass is 461 g/mol. The van der Waals surface area contributed by atoms with Crippen molar-refractivity contribution in [2.45, 2.75) is 18.2 Å². The molecule has 1 N–H and O–H groups in total. The number of anilines is 1. The molecule has 9 heteroatoms. The van der Waals surface area contributed by atoms with Gasteiger partial charge in [0.1, 0.15) is 0 Å². The molecule has 0 aliphatic heterocycles. The predicted octanol–water partition coefficient (Wildman–Crippen LogP) is 4.88. The number of aromatic nitrogens is 4. The first kappa shape index (κ1) is 20.3. The number of hydrogen-bond acceptors (Lipinski definition) is 6. The van der Waals surface area contributed by atoms with E-state index in [1.54, 1.807) is 46.2 Å². The smallest absolute Gasteiger partial charge is 0.262 e. The fourth-order valence-electron chi connectivity index (χ4n) is 3.51. The lowest BCUT2D eigenvalue weighted by molar-refractivity contribution is 0.600. The largest absolute Gasteiger partial charge is 0.280 e. The van der Waals surface area contributed by atoms with Crippen LogP contribution in [0, 0.1) is 0 Å². The second-order valence-corrected chi connectivity index (χ2v) is 9.74. The Morgan fingerprint density at radius 1 is 0.969 bits per heavy atom. The summed E-state index contributed by atoms with van der Waals surface area (Å²) in [6.07, 6.45) is 0.632. The van der Waals surface area contributed by atoms with E-state index >= 15 is 0 Å². The van der Waals surface area contributed by atoms with Crippen LogP contribution in [0.2, 0.25) is 0 Å². The molecule has 0 unspecified atom stereocenters. The first-order valence-electron chi connectivity index (χ1n) is 10.0. The number of nitrogens with one attached hydrogen (secondary N) is 1. The molecule has 0 saturated heterocycles. The van der Waals surface area contributed by atoms with E-state index in [1.165, 1.54) is 0 Å². The van der Waals surface area contributed by atoms with Crippen molar-refractivity contribution in [1.82, 2.24) is 19.8 Å². The molecule has 0 saturated carbocycles. The van der Waals surface area contributed by atoms with Gasteiger partial charge in [-0.05, 0) is 53.8 Å². The van der Waals surface area contributed by atoms with Gasteiger partial charge in [-0.2, -0.15) is 9.61 Å². The van der Waals surface area contributed by atoms with E-state index < -0.39 is 10.0 Å². The molecule has 32 heavy (non-hydrogen) atoms. The fraction of sp³-hybridized carbons (Fsp3) is 0.0870. The molecule has 2 aromatic carbocycles. The molecule has 0 amide bonds. The number of rotatable bonds is 6. The van der Waals surface area contributed by atoms with E-state index in [2.05, 4.69) is 14.9 Å². The Labute approximate surface area is 189 Å². The first-order chi connectivity index (χ1) is 15.5. The third-order valence-electron chi connectivity index (χ3n) is 5.06. The van der Waals surface area contributed by atoms with Crippen molar-refractivity contribution in [3.63, 3.8) is 0 Å². The summed E-state index contributed by atoms with van der Waals surface area (Å²) in [5, 5.41) is 15.1. The van der Waals surface area contributed by atoms with Crippen LogP contribution in [-0.2, 0) is 16.4 Å². The molecule has 0 fully saturated rings. The molecule has 160 valence electrons. The number of thiophene rings is 1. The van der Waals surface area contributed by atoms with E-state index in [-0.39, 0.29) is 4.90 Å². The second-order valence-electron chi connectivity index (χ2n) is 7.14. The van der Waals surface area contributed by atoms with Crippen LogP contribution in [-0.4, -0.2) is 28.2 Å². The van der Waals surface area contributed by atoms with Gasteiger partial charge in [0.2, 0.25) is 0 Å². The van der Waals surface area contributed by atoms with Crippen molar-refractivity contribution >= 4 is 32.7 Å². The molecule has 7 nitrogen and oxygen atoms in total. The maximum atomic E-state index is 13.0. The van der Waals surface area contributed by atoms with Gasteiger partial charge < -0.3 is 0 Å². The van der Waals surface area contributed by atoms with Gasteiger partial charge >= 0.3 is 0 Å². The quantitative estimate of drug-likeness (QED) is 0.389. The number of benzene rings is 2. The minimum Gasteiger partial charge on any atom is -0.280 e. The minimum atomic E-state index is -3.71. The van der Waals surface area contributed by atoms with Crippen LogP contribution < -0.4 is 4.72 Å². The molecule has 0 aliphatic rings. The van der Waals surface area contributed by atoms with Crippen LogP contribution in [0.15, 0.2) is 83.1 Å². The van der Waals surface area contributed by atoms with Crippen LogP contribution in [0.4, 0.5) is 5.69 Å². The van der Waals surface area contributed by atoms with Crippen molar-refractivity contribution < 1.29 is 8.42 Å². The van der Waals surface area contributed by atoms with Crippen LogP contribution in [0.1, 0.15) is 12.5 Å². The molecule has 0 spiro atoms. The summed E-state index contributed by atoms with van der Waals surface area (Å²) >= 11 is 1.57. The lowest BCUT2D eigenvalue weighted by atomic mass is 10.1. The van der Waals surface area contributed by atoms with Gasteiger partial charge in [0.05, 0.1) is 15.5 Å². The van der Waals surface area contributed by atoms with Gasteiger partial charge in [0.15, 0.2) is 11.5 Å². The van der Waals surface area contributed by atoms with Crippen molar-refractivity contribution in [2.24, 2.45) is 0 Å². The third-order valence-corrected chi connectivity index (χ3v) is 7.41. The summed E-state index contributed by atoms with van der Waals surface area (Å²) in [4.78, 5) is 1.26. The molecule has 3 heterocycles. The standard InChI is InChI=1S/C23H19N5O2S2/c1-2-16-7-3-4-11-21(16)32(29,30)27-18-9-5-8-17(15-18)19-12-13-22-24-25-23(28(22)26-19)20-10-6-14-31-20/h3-15,27H,2H2,1H3. The zero-order valence-corrected chi connectivity index (χ0v) is 18.8. The molecule has 0 atom stereocenters. The number of aryl methyl sites for hydroxylation is 1. The normalized spacial score (nSPS) is 11.7. The van der Waals surface area contributed by atoms with Crippen molar-refractivity contribution in [3.05, 3.63) is 83.7 Å². The lowest BCUT2D eigenvalue weighted by Crippen LogP contribution is -2.14. The van der Waals surface area contributed by atoms with Crippen LogP contribution in [0.25, 0.3) is 27.6 Å². The summed E-state index contributed by atoms with van der Waals surface area (Å²) < 4.78 is 30.4. The second kappa shape index (κ2) is 8.18. The van der Waals surface area contributed by atoms with Gasteiger partial charge in [-0.25, -0.2) is 8.42 Å². The Balaban J connectivity index is 1.50. The molecule has 3 aromatic heterocycles. The van der Waals surface area contributed by atoms with Gasteiger partial charge in [0, 0.05) is 11.3 Å². The van der Waals surface area contributed by atoms with Gasteiger partial charge in [0.25, 0.3) is 10.0 Å².